The van der Waals surface area contributed by atoms with Crippen LogP contribution in [0.5, 0.6) is 0 Å². The van der Waals surface area contributed by atoms with E-state index in [1.807, 2.05) is 0 Å². The molecule has 1 heterocycles. The molecule has 2 nitrogen and oxygen atoms in total. The summed E-state index contributed by atoms with van der Waals surface area (Å²) in [6, 6.07) is 3.60. The van der Waals surface area contributed by atoms with E-state index in [1.165, 1.54) is 12.3 Å². The summed E-state index contributed by atoms with van der Waals surface area (Å²) in [5.41, 5.74) is 0.304. The Morgan fingerprint density at radius 2 is 2.00 bits per heavy atom. The fraction of sp³-hybridized carbons (Fsp3) is 0.625. The van der Waals surface area contributed by atoms with Crippen molar-refractivity contribution in [3.8, 4) is 0 Å². The Morgan fingerprint density at radius 1 is 1.36 bits per heavy atom. The quantitative estimate of drug-likeness (QED) is 0.892. The van der Waals surface area contributed by atoms with Crippen molar-refractivity contribution in [2.24, 2.45) is 11.3 Å². The summed E-state index contributed by atoms with van der Waals surface area (Å²) in [7, 11) is -1.43. The van der Waals surface area contributed by atoms with Crippen molar-refractivity contribution in [3.63, 3.8) is 0 Å². The van der Waals surface area contributed by atoms with Gasteiger partial charge in [0.05, 0.1) is 16.4 Å². The van der Waals surface area contributed by atoms with Crippen LogP contribution < -0.4 is 5.32 Å². The van der Waals surface area contributed by atoms with Gasteiger partial charge >= 0.3 is 6.18 Å². The number of nitrogens with one attached hydrogen (secondary N) is 1. The van der Waals surface area contributed by atoms with Crippen molar-refractivity contribution in [2.75, 3.05) is 19.3 Å². The lowest BCUT2D eigenvalue weighted by molar-refractivity contribution is -0.137. The SMILES string of the molecule is CC(Cc1ccc(C(F)(F)F)cc1S(C)=O)CC1(C)CNC1. The van der Waals surface area contributed by atoms with E-state index >= 15 is 0 Å². The maximum absolute atomic E-state index is 12.8. The number of alkyl halides is 3. The van der Waals surface area contributed by atoms with Gasteiger partial charge in [0.25, 0.3) is 0 Å². The molecule has 1 aliphatic heterocycles. The van der Waals surface area contributed by atoms with Gasteiger partial charge in [-0.2, -0.15) is 13.2 Å². The van der Waals surface area contributed by atoms with Gasteiger partial charge in [-0.3, -0.25) is 4.21 Å². The third-order valence-corrected chi connectivity index (χ3v) is 5.22. The molecule has 0 saturated carbocycles. The van der Waals surface area contributed by atoms with Crippen LogP contribution in [0, 0.1) is 11.3 Å². The maximum Gasteiger partial charge on any atom is 0.416 e. The third-order valence-electron chi connectivity index (χ3n) is 4.22. The minimum absolute atomic E-state index is 0.275. The van der Waals surface area contributed by atoms with Gasteiger partial charge in [0.2, 0.25) is 0 Å². The van der Waals surface area contributed by atoms with E-state index in [2.05, 4.69) is 19.2 Å². The smallest absolute Gasteiger partial charge is 0.316 e. The Morgan fingerprint density at radius 3 is 2.45 bits per heavy atom. The largest absolute Gasteiger partial charge is 0.416 e. The molecule has 124 valence electrons. The summed E-state index contributed by atoms with van der Waals surface area (Å²) in [4.78, 5) is 0.304. The van der Waals surface area contributed by atoms with Gasteiger partial charge in [-0.15, -0.1) is 0 Å². The highest BCUT2D eigenvalue weighted by Crippen LogP contribution is 2.34. The average molecular weight is 333 g/mol. The highest BCUT2D eigenvalue weighted by Gasteiger charge is 2.34. The lowest BCUT2D eigenvalue weighted by Crippen LogP contribution is -2.52. The van der Waals surface area contributed by atoms with Crippen LogP contribution in [-0.2, 0) is 23.4 Å². The number of hydrogen-bond donors (Lipinski definition) is 1. The fourth-order valence-corrected chi connectivity index (χ4v) is 3.97. The zero-order valence-electron chi connectivity index (χ0n) is 13.1. The summed E-state index contributed by atoms with van der Waals surface area (Å²) in [6.45, 7) is 6.28. The van der Waals surface area contributed by atoms with E-state index in [0.29, 0.717) is 17.2 Å². The van der Waals surface area contributed by atoms with E-state index in [9.17, 15) is 17.4 Å². The minimum Gasteiger partial charge on any atom is -0.316 e. The van der Waals surface area contributed by atoms with Gasteiger partial charge in [0, 0.05) is 24.2 Å². The average Bonchev–Trinajstić information content (AvgIpc) is 2.35. The van der Waals surface area contributed by atoms with Gasteiger partial charge in [-0.1, -0.05) is 19.9 Å². The molecule has 22 heavy (non-hydrogen) atoms. The van der Waals surface area contributed by atoms with Gasteiger partial charge in [0.15, 0.2) is 0 Å². The van der Waals surface area contributed by atoms with Crippen molar-refractivity contribution in [1.82, 2.24) is 5.32 Å². The van der Waals surface area contributed by atoms with Crippen molar-refractivity contribution in [2.45, 2.75) is 37.8 Å². The molecule has 2 rings (SSSR count). The first-order chi connectivity index (χ1) is 10.1. The first-order valence-corrected chi connectivity index (χ1v) is 8.91. The molecule has 1 N–H and O–H groups in total. The van der Waals surface area contributed by atoms with Gasteiger partial charge in [0.1, 0.15) is 0 Å². The molecule has 0 aliphatic carbocycles. The summed E-state index contributed by atoms with van der Waals surface area (Å²) in [6.07, 6.45) is -1.30. The summed E-state index contributed by atoms with van der Waals surface area (Å²) in [5, 5.41) is 3.25. The highest BCUT2D eigenvalue weighted by molar-refractivity contribution is 7.84. The molecule has 0 aromatic heterocycles. The van der Waals surface area contributed by atoms with Crippen LogP contribution in [0.25, 0.3) is 0 Å². The van der Waals surface area contributed by atoms with Gasteiger partial charge in [-0.25, -0.2) is 0 Å². The predicted molar refractivity (Wildman–Crippen MR) is 82.2 cm³/mol. The van der Waals surface area contributed by atoms with E-state index < -0.39 is 22.5 Å². The molecular weight excluding hydrogens is 311 g/mol. The molecule has 0 amide bonds. The van der Waals surface area contributed by atoms with E-state index in [-0.39, 0.29) is 5.41 Å². The zero-order valence-corrected chi connectivity index (χ0v) is 13.9. The van der Waals surface area contributed by atoms with Crippen LogP contribution in [0.3, 0.4) is 0 Å². The number of rotatable bonds is 5. The van der Waals surface area contributed by atoms with Gasteiger partial charge in [-0.05, 0) is 41.9 Å². The molecule has 1 aliphatic rings. The van der Waals surface area contributed by atoms with Gasteiger partial charge < -0.3 is 5.32 Å². The summed E-state index contributed by atoms with van der Waals surface area (Å²) < 4.78 is 50.2. The molecule has 6 heteroatoms. The summed E-state index contributed by atoms with van der Waals surface area (Å²) in [5.74, 6) is 0.339. The molecule has 1 fully saturated rings. The van der Waals surface area contributed by atoms with Crippen molar-refractivity contribution < 1.29 is 17.4 Å². The molecular formula is C16H22F3NOS. The Kier molecular flexibility index (Phi) is 5.02. The van der Waals surface area contributed by atoms with Crippen LogP contribution >= 0.6 is 0 Å². The Hall–Kier alpha value is -0.880. The molecule has 0 radical (unpaired) electrons. The Labute approximate surface area is 131 Å². The third kappa shape index (κ3) is 4.10. The normalized spacial score (nSPS) is 20.3. The molecule has 0 spiro atoms. The van der Waals surface area contributed by atoms with E-state index in [4.69, 9.17) is 0 Å². The van der Waals surface area contributed by atoms with E-state index in [0.717, 1.165) is 37.2 Å². The molecule has 1 saturated heterocycles. The maximum atomic E-state index is 12.8. The van der Waals surface area contributed by atoms with Crippen LogP contribution in [0.4, 0.5) is 13.2 Å². The molecule has 0 bridgehead atoms. The fourth-order valence-electron chi connectivity index (χ4n) is 3.15. The second-order valence-electron chi connectivity index (χ2n) is 6.70. The Bertz CT molecular complexity index is 567. The van der Waals surface area contributed by atoms with E-state index in [1.54, 1.807) is 0 Å². The topological polar surface area (TPSA) is 29.1 Å². The lowest BCUT2D eigenvalue weighted by atomic mass is 9.75. The monoisotopic (exact) mass is 333 g/mol. The zero-order chi connectivity index (χ0) is 16.5. The number of benzene rings is 1. The molecule has 1 aromatic rings. The van der Waals surface area contributed by atoms with Crippen molar-refractivity contribution in [1.29, 1.82) is 0 Å². The highest BCUT2D eigenvalue weighted by atomic mass is 32.2. The van der Waals surface area contributed by atoms with Crippen molar-refractivity contribution >= 4 is 10.8 Å². The lowest BCUT2D eigenvalue weighted by Gasteiger charge is -2.41. The molecule has 1 aromatic carbocycles. The predicted octanol–water partition coefficient (Wildman–Crippen LogP) is 3.62. The number of hydrogen-bond acceptors (Lipinski definition) is 2. The minimum atomic E-state index is -4.40. The van der Waals surface area contributed by atoms with Crippen LogP contribution in [-0.4, -0.2) is 23.6 Å². The standard InChI is InChI=1S/C16H22F3NOS/c1-11(8-15(2)9-20-10-15)6-12-4-5-13(16(17,18)19)7-14(12)22(3)21/h4-5,7,11,20H,6,8-10H2,1-3H3. The molecule has 2 atom stereocenters. The second-order valence-corrected chi connectivity index (χ2v) is 8.05. The Balaban J connectivity index is 2.17. The first kappa shape index (κ1) is 17.5. The number of halogens is 3. The summed E-state index contributed by atoms with van der Waals surface area (Å²) >= 11 is 0. The first-order valence-electron chi connectivity index (χ1n) is 7.35. The molecule has 2 unspecified atom stereocenters. The van der Waals surface area contributed by atoms with Crippen LogP contribution in [0.1, 0.15) is 31.4 Å². The van der Waals surface area contributed by atoms with Crippen LogP contribution in [0.15, 0.2) is 23.1 Å². The second kappa shape index (κ2) is 6.32. The van der Waals surface area contributed by atoms with Crippen LogP contribution in [0.2, 0.25) is 0 Å². The van der Waals surface area contributed by atoms with Crippen molar-refractivity contribution in [3.05, 3.63) is 29.3 Å².